The number of hydrogen-bond acceptors (Lipinski definition) is 6. The summed E-state index contributed by atoms with van der Waals surface area (Å²) in [5, 5.41) is 13.8. The Hall–Kier alpha value is -2.08. The summed E-state index contributed by atoms with van der Waals surface area (Å²) >= 11 is 0. The van der Waals surface area contributed by atoms with Crippen molar-refractivity contribution in [3.63, 3.8) is 0 Å². The maximum Gasteiger partial charge on any atom is 0.261 e. The van der Waals surface area contributed by atoms with E-state index in [1.807, 2.05) is 0 Å². The molecular formula is C14H16N2O4. The van der Waals surface area contributed by atoms with Crippen molar-refractivity contribution in [2.75, 3.05) is 13.7 Å². The Morgan fingerprint density at radius 3 is 3.10 bits per heavy atom. The smallest absolute Gasteiger partial charge is 0.261 e. The first-order chi connectivity index (χ1) is 9.76. The van der Waals surface area contributed by atoms with E-state index in [1.165, 1.54) is 6.07 Å². The lowest BCUT2D eigenvalue weighted by Crippen LogP contribution is -2.09. The van der Waals surface area contributed by atoms with Gasteiger partial charge < -0.3 is 19.1 Å². The van der Waals surface area contributed by atoms with Gasteiger partial charge in [-0.1, -0.05) is 5.16 Å². The highest BCUT2D eigenvalue weighted by molar-refractivity contribution is 5.64. The third-order valence-electron chi connectivity index (χ3n) is 3.34. The number of phenolic OH excluding ortho intramolecular Hbond substituents is 1. The van der Waals surface area contributed by atoms with Crippen LogP contribution in [0.4, 0.5) is 0 Å². The van der Waals surface area contributed by atoms with Crippen molar-refractivity contribution < 1.29 is 19.1 Å². The number of ether oxygens (including phenoxy) is 2. The molecule has 0 saturated carbocycles. The van der Waals surface area contributed by atoms with Crippen LogP contribution in [0.2, 0.25) is 0 Å². The van der Waals surface area contributed by atoms with Crippen LogP contribution in [-0.4, -0.2) is 35.1 Å². The molecule has 0 radical (unpaired) electrons. The van der Waals surface area contributed by atoms with E-state index in [9.17, 15) is 5.11 Å². The lowest BCUT2D eigenvalue weighted by atomic mass is 10.1. The lowest BCUT2D eigenvalue weighted by Gasteiger charge is -2.04. The molecule has 1 aromatic heterocycles. The molecule has 1 fully saturated rings. The molecule has 0 bridgehead atoms. The summed E-state index contributed by atoms with van der Waals surface area (Å²) < 4.78 is 15.9. The predicted molar refractivity (Wildman–Crippen MR) is 70.6 cm³/mol. The minimum atomic E-state index is 0.0816. The summed E-state index contributed by atoms with van der Waals surface area (Å²) in [6.45, 7) is 0.798. The zero-order valence-electron chi connectivity index (χ0n) is 11.2. The van der Waals surface area contributed by atoms with Gasteiger partial charge in [-0.15, -0.1) is 0 Å². The van der Waals surface area contributed by atoms with Crippen LogP contribution >= 0.6 is 0 Å². The summed E-state index contributed by atoms with van der Waals surface area (Å²) in [6.07, 6.45) is 2.90. The summed E-state index contributed by atoms with van der Waals surface area (Å²) in [5.74, 6) is 1.58. The Morgan fingerprint density at radius 2 is 2.35 bits per heavy atom. The average molecular weight is 276 g/mol. The van der Waals surface area contributed by atoms with Crippen molar-refractivity contribution in [1.82, 2.24) is 10.1 Å². The molecule has 1 aromatic carbocycles. The second-order valence-corrected chi connectivity index (χ2v) is 4.74. The van der Waals surface area contributed by atoms with Gasteiger partial charge >= 0.3 is 0 Å². The van der Waals surface area contributed by atoms with Gasteiger partial charge in [0.15, 0.2) is 5.82 Å². The third kappa shape index (κ3) is 2.60. The maximum atomic E-state index is 9.87. The van der Waals surface area contributed by atoms with Gasteiger partial charge in [0.1, 0.15) is 11.5 Å². The number of aromatic nitrogens is 2. The van der Waals surface area contributed by atoms with Crippen LogP contribution in [0.25, 0.3) is 11.5 Å². The second kappa shape index (κ2) is 5.50. The fourth-order valence-corrected chi connectivity index (χ4v) is 2.27. The third-order valence-corrected chi connectivity index (χ3v) is 3.34. The Kier molecular flexibility index (Phi) is 3.56. The van der Waals surface area contributed by atoms with Gasteiger partial charge in [0.05, 0.1) is 18.8 Å². The molecule has 0 aliphatic carbocycles. The molecule has 3 rings (SSSR count). The van der Waals surface area contributed by atoms with Crippen LogP contribution in [0.5, 0.6) is 11.5 Å². The van der Waals surface area contributed by atoms with Crippen molar-refractivity contribution in [2.24, 2.45) is 0 Å². The summed E-state index contributed by atoms with van der Waals surface area (Å²) in [4.78, 5) is 4.31. The van der Waals surface area contributed by atoms with E-state index < -0.39 is 0 Å². The van der Waals surface area contributed by atoms with Gasteiger partial charge in [-0.25, -0.2) is 0 Å². The topological polar surface area (TPSA) is 77.6 Å². The van der Waals surface area contributed by atoms with Crippen LogP contribution in [0.1, 0.15) is 18.7 Å². The van der Waals surface area contributed by atoms with E-state index >= 15 is 0 Å². The molecule has 1 aliphatic heterocycles. The average Bonchev–Trinajstić information content (AvgIpc) is 3.12. The van der Waals surface area contributed by atoms with E-state index in [0.717, 1.165) is 19.4 Å². The van der Waals surface area contributed by atoms with Gasteiger partial charge in [0.2, 0.25) is 0 Å². The number of benzene rings is 1. The first-order valence-corrected chi connectivity index (χ1v) is 6.58. The van der Waals surface area contributed by atoms with E-state index in [1.54, 1.807) is 19.2 Å². The maximum absolute atomic E-state index is 9.87. The Morgan fingerprint density at radius 1 is 1.45 bits per heavy atom. The number of hydrogen-bond donors (Lipinski definition) is 1. The van der Waals surface area contributed by atoms with E-state index in [-0.39, 0.29) is 17.7 Å². The molecule has 0 amide bonds. The number of methoxy groups -OCH3 is 1. The van der Waals surface area contributed by atoms with Crippen LogP contribution in [0.3, 0.4) is 0 Å². The molecule has 1 atom stereocenters. The highest BCUT2D eigenvalue weighted by atomic mass is 16.5. The molecule has 20 heavy (non-hydrogen) atoms. The van der Waals surface area contributed by atoms with Gasteiger partial charge in [-0.2, -0.15) is 4.98 Å². The molecular weight excluding hydrogens is 260 g/mol. The summed E-state index contributed by atoms with van der Waals surface area (Å²) in [7, 11) is 1.56. The fraction of sp³-hybridized carbons (Fsp3) is 0.429. The summed E-state index contributed by atoms with van der Waals surface area (Å²) in [5.41, 5.74) is 0.468. The van der Waals surface area contributed by atoms with Crippen molar-refractivity contribution in [3.05, 3.63) is 24.0 Å². The minimum absolute atomic E-state index is 0.0816. The number of aromatic hydroxyl groups is 1. The fourth-order valence-electron chi connectivity index (χ4n) is 2.27. The highest BCUT2D eigenvalue weighted by Gasteiger charge is 2.20. The van der Waals surface area contributed by atoms with Crippen LogP contribution in [0, 0.1) is 0 Å². The standard InChI is InChI=1S/C14H16N2O4/c1-18-9-4-5-12(17)11(7-9)14-15-13(16-20-14)8-10-3-2-6-19-10/h4-5,7,10,17H,2-3,6,8H2,1H3. The number of phenols is 1. The predicted octanol–water partition coefficient (Wildman–Crippen LogP) is 2.17. The second-order valence-electron chi connectivity index (χ2n) is 4.74. The molecule has 1 saturated heterocycles. The quantitative estimate of drug-likeness (QED) is 0.922. The molecule has 106 valence electrons. The van der Waals surface area contributed by atoms with E-state index in [0.29, 0.717) is 23.6 Å². The van der Waals surface area contributed by atoms with Gasteiger partial charge in [-0.05, 0) is 31.0 Å². The molecule has 6 heteroatoms. The largest absolute Gasteiger partial charge is 0.507 e. The lowest BCUT2D eigenvalue weighted by molar-refractivity contribution is 0.109. The first-order valence-electron chi connectivity index (χ1n) is 6.58. The first kappa shape index (κ1) is 12.9. The SMILES string of the molecule is COc1ccc(O)c(-c2nc(CC3CCCO3)no2)c1. The molecule has 1 unspecified atom stereocenters. The van der Waals surface area contributed by atoms with Crippen molar-refractivity contribution >= 4 is 0 Å². The number of rotatable bonds is 4. The Bertz CT molecular complexity index is 591. The molecule has 2 aromatic rings. The van der Waals surface area contributed by atoms with Gasteiger partial charge in [-0.3, -0.25) is 0 Å². The van der Waals surface area contributed by atoms with Crippen LogP contribution in [0.15, 0.2) is 22.7 Å². The molecule has 1 aliphatic rings. The van der Waals surface area contributed by atoms with Gasteiger partial charge in [0, 0.05) is 13.0 Å². The monoisotopic (exact) mass is 276 g/mol. The van der Waals surface area contributed by atoms with Crippen molar-refractivity contribution in [1.29, 1.82) is 0 Å². The Labute approximate surface area is 116 Å². The normalized spacial score (nSPS) is 18.4. The Balaban J connectivity index is 1.82. The van der Waals surface area contributed by atoms with Crippen LogP contribution < -0.4 is 4.74 Å². The zero-order chi connectivity index (χ0) is 13.9. The minimum Gasteiger partial charge on any atom is -0.507 e. The van der Waals surface area contributed by atoms with E-state index in [2.05, 4.69) is 10.1 Å². The molecule has 6 nitrogen and oxygen atoms in total. The number of nitrogens with zero attached hydrogens (tertiary/aromatic N) is 2. The van der Waals surface area contributed by atoms with Crippen LogP contribution in [-0.2, 0) is 11.2 Å². The van der Waals surface area contributed by atoms with Crippen molar-refractivity contribution in [2.45, 2.75) is 25.4 Å². The summed E-state index contributed by atoms with van der Waals surface area (Å²) in [6, 6.07) is 4.87. The van der Waals surface area contributed by atoms with Crippen molar-refractivity contribution in [3.8, 4) is 23.0 Å². The van der Waals surface area contributed by atoms with E-state index in [4.69, 9.17) is 14.0 Å². The highest BCUT2D eigenvalue weighted by Crippen LogP contribution is 2.31. The molecule has 2 heterocycles. The molecule has 1 N–H and O–H groups in total. The van der Waals surface area contributed by atoms with Gasteiger partial charge in [0.25, 0.3) is 5.89 Å². The zero-order valence-corrected chi connectivity index (χ0v) is 11.2. The molecule has 0 spiro atoms.